The highest BCUT2D eigenvalue weighted by Gasteiger charge is 2.31. The van der Waals surface area contributed by atoms with Crippen LogP contribution in [0.25, 0.3) is 0 Å². The molecule has 0 saturated carbocycles. The summed E-state index contributed by atoms with van der Waals surface area (Å²) < 4.78 is 84.4. The van der Waals surface area contributed by atoms with Crippen molar-refractivity contribution in [3.63, 3.8) is 0 Å². The number of benzene rings is 3. The van der Waals surface area contributed by atoms with Gasteiger partial charge in [-0.25, -0.2) is 23.8 Å². The van der Waals surface area contributed by atoms with Crippen molar-refractivity contribution in [2.45, 2.75) is 20.0 Å². The Morgan fingerprint density at radius 2 is 1.61 bits per heavy atom. The predicted molar refractivity (Wildman–Crippen MR) is 218 cm³/mol. The number of pyridine rings is 1. The minimum Gasteiger partial charge on any atom is -0.778 e. The Balaban J connectivity index is 0.000000478. The molecule has 1 aromatic heterocycles. The van der Waals surface area contributed by atoms with Crippen LogP contribution in [0.2, 0.25) is 5.02 Å². The fraction of sp³-hybridized carbons (Fsp3) is 0.250. The number of aromatic carboxylic acids is 1. The summed E-state index contributed by atoms with van der Waals surface area (Å²) in [6, 6.07) is 10.9. The Morgan fingerprint density at radius 3 is 2.11 bits per heavy atom. The number of anilines is 1. The summed E-state index contributed by atoms with van der Waals surface area (Å²) in [5, 5.41) is 35.6. The van der Waals surface area contributed by atoms with Crippen LogP contribution in [-0.4, -0.2) is 86.9 Å². The molecular formula is C36H39ClF5N6O12PS. The van der Waals surface area contributed by atoms with Crippen LogP contribution < -0.4 is 30.4 Å². The zero-order valence-electron chi connectivity index (χ0n) is 33.0. The van der Waals surface area contributed by atoms with E-state index in [1.54, 1.807) is 6.92 Å². The number of hydrogen-bond acceptors (Lipinski definition) is 12. The van der Waals surface area contributed by atoms with Gasteiger partial charge in [-0.1, -0.05) is 11.6 Å². The number of carbonyl (C=O) groups excluding carboxylic acids is 1. The molecule has 26 heteroatoms. The fourth-order valence-corrected chi connectivity index (χ4v) is 4.62. The van der Waals surface area contributed by atoms with E-state index in [-0.39, 0.29) is 57.2 Å². The number of alkyl halides is 3. The molecule has 1 atom stereocenters. The van der Waals surface area contributed by atoms with E-state index >= 15 is 0 Å². The van der Waals surface area contributed by atoms with Gasteiger partial charge in [0.25, 0.3) is 0 Å². The number of carboxylic acid groups (broad SMARTS) is 2. The molecule has 0 aliphatic rings. The number of nitrogens with one attached hydrogen (secondary N) is 3. The third-order valence-corrected chi connectivity index (χ3v) is 7.25. The van der Waals surface area contributed by atoms with Crippen LogP contribution in [0.3, 0.4) is 0 Å². The van der Waals surface area contributed by atoms with E-state index in [1.807, 2.05) is 5.32 Å². The van der Waals surface area contributed by atoms with Crippen LogP contribution >= 0.6 is 19.2 Å². The Morgan fingerprint density at radius 1 is 1.00 bits per heavy atom. The van der Waals surface area contributed by atoms with Gasteiger partial charge in [-0.05, 0) is 73.3 Å². The second-order valence-electron chi connectivity index (χ2n) is 12.0. The van der Waals surface area contributed by atoms with Crippen LogP contribution in [0, 0.1) is 21.7 Å². The van der Waals surface area contributed by atoms with Crippen molar-refractivity contribution in [1.29, 1.82) is 0 Å². The van der Waals surface area contributed by atoms with E-state index in [4.69, 9.17) is 36.2 Å². The number of halogens is 6. The summed E-state index contributed by atoms with van der Waals surface area (Å²) in [6.45, 7) is 2.83. The molecule has 3 aromatic carbocycles. The van der Waals surface area contributed by atoms with E-state index in [2.05, 4.69) is 39.6 Å². The van der Waals surface area contributed by atoms with Gasteiger partial charge in [-0.3, -0.25) is 25.2 Å². The van der Waals surface area contributed by atoms with Crippen LogP contribution in [-0.2, 0) is 26.4 Å². The fourth-order valence-electron chi connectivity index (χ4n) is 4.01. The molecule has 0 radical (unpaired) electrons. The lowest BCUT2D eigenvalue weighted by molar-refractivity contribution is -0.385. The molecule has 6 N–H and O–H groups in total. The lowest BCUT2D eigenvalue weighted by atomic mass is 10.1. The van der Waals surface area contributed by atoms with Gasteiger partial charge < -0.3 is 39.4 Å². The maximum atomic E-state index is 13.0. The number of hydrazone groups is 1. The average Bonchev–Trinajstić information content (AvgIpc) is 3.13. The highest BCUT2D eigenvalue weighted by molar-refractivity contribution is 7.94. The van der Waals surface area contributed by atoms with Crippen LogP contribution in [0.5, 0.6) is 17.2 Å². The Hall–Kier alpha value is -5.91. The number of carboxylic acids is 2. The summed E-state index contributed by atoms with van der Waals surface area (Å²) in [4.78, 5) is 64.7. The zero-order valence-corrected chi connectivity index (χ0v) is 35.5. The van der Waals surface area contributed by atoms with Gasteiger partial charge in [-0.15, -0.1) is 0 Å². The quantitative estimate of drug-likeness (QED) is 0.0203. The molecule has 2 amide bonds. The highest BCUT2D eigenvalue weighted by Crippen LogP contribution is 2.38. The van der Waals surface area contributed by atoms with E-state index in [1.165, 1.54) is 43.5 Å². The highest BCUT2D eigenvalue weighted by atomic mass is 35.5. The first-order valence-electron chi connectivity index (χ1n) is 16.9. The first-order valence-corrected chi connectivity index (χ1v) is 21.5. The molecule has 1 heterocycles. The van der Waals surface area contributed by atoms with E-state index in [9.17, 15) is 55.9 Å². The zero-order chi connectivity index (χ0) is 47.4. The molecule has 0 aliphatic carbocycles. The number of nitrogens with zero attached hydrogens (tertiary/aromatic N) is 3. The van der Waals surface area contributed by atoms with Gasteiger partial charge in [0.15, 0.2) is 0 Å². The van der Waals surface area contributed by atoms with Gasteiger partial charge in [0, 0.05) is 30.1 Å². The number of ether oxygens (including phenoxy) is 2. The monoisotopic (exact) mass is 940 g/mol. The van der Waals surface area contributed by atoms with Gasteiger partial charge in [0.2, 0.25) is 5.75 Å². The number of urea groups is 1. The number of amides is 2. The lowest BCUT2D eigenvalue weighted by Crippen LogP contribution is -2.26. The van der Waals surface area contributed by atoms with Crippen LogP contribution in [0.4, 0.5) is 38.1 Å². The maximum Gasteiger partial charge on any atom is 0.416 e. The Labute approximate surface area is 357 Å². The summed E-state index contributed by atoms with van der Waals surface area (Å²) >= 11 is 5.80. The largest absolute Gasteiger partial charge is 0.778 e. The number of carbonyl (C=O) groups is 3. The number of hydrogen-bond donors (Lipinski definition) is 6. The molecule has 0 fully saturated rings. The van der Waals surface area contributed by atoms with Crippen molar-refractivity contribution >= 4 is 65.1 Å². The first-order chi connectivity index (χ1) is 28.7. The number of aromatic nitrogens is 1. The minimum absolute atomic E-state index is 0.0111. The van der Waals surface area contributed by atoms with Gasteiger partial charge in [-0.2, -0.15) is 18.3 Å². The Bertz CT molecular complexity index is 2230. The first kappa shape index (κ1) is 54.1. The van der Waals surface area contributed by atoms with Crippen LogP contribution in [0.15, 0.2) is 78.0 Å². The molecule has 0 saturated heterocycles. The molecule has 4 rings (SSSR count). The number of rotatable bonds is 13. The SMILES string of the molecule is C/C(=N\NC(=O)Nc1cc(F)cc(F)c1)c1ncccc1C(=O)O.CCOc1cc(Oc2ccc(C(F)(F)F)cc2Cl)ccc1[N+](=O)[O-].C[S+](C)C.O=C(O)CNCP(=O)([O-])O. The smallest absolute Gasteiger partial charge is 0.416 e. The van der Waals surface area contributed by atoms with Gasteiger partial charge >= 0.3 is 29.8 Å². The molecule has 1 unspecified atom stereocenters. The molecule has 62 heavy (non-hydrogen) atoms. The Kier molecular flexibility index (Phi) is 22.5. The van der Waals surface area contributed by atoms with Crippen molar-refractivity contribution in [3.8, 4) is 17.2 Å². The summed E-state index contributed by atoms with van der Waals surface area (Å²) in [5.74, 6) is -3.93. The third-order valence-electron chi connectivity index (χ3n) is 6.33. The standard InChI is InChI=1S/C15H11ClF3NO4.C15H12F2N4O3.C3H8NO5P.C3H9S/c1-2-23-14-8-10(4-5-12(14)20(21)22)24-13-6-3-9(7-11(13)16)15(17,18)19;1-8(13-12(14(22)23)3-2-4-18-13)20-21-15(24)19-11-6-9(16)5-10(17)7-11;5-3(6)1-4-2-10(7,8)9;1-4(2)3/h3-8H,2H2,1H3;2-7H,1H3,(H,22,23)(H2,19,21,24);4H,1-2H2,(H,5,6)(H2,7,8,9);1-3H3/q;;;+1/p-1/b;20-8+;;. The second-order valence-corrected chi connectivity index (χ2v) is 16.5. The van der Waals surface area contributed by atoms with E-state index < -0.39 is 66.7 Å². The third kappa shape index (κ3) is 21.6. The van der Waals surface area contributed by atoms with Crippen molar-refractivity contribution in [3.05, 3.63) is 117 Å². The summed E-state index contributed by atoms with van der Waals surface area (Å²) in [5.41, 5.74) is 1.00. The molecule has 18 nitrogen and oxygen atoms in total. The molecule has 0 bridgehead atoms. The summed E-state index contributed by atoms with van der Waals surface area (Å²) in [7, 11) is -3.71. The van der Waals surface area contributed by atoms with E-state index in [0.29, 0.717) is 17.0 Å². The molecule has 338 valence electrons. The van der Waals surface area contributed by atoms with Crippen molar-refractivity contribution in [2.24, 2.45) is 5.10 Å². The average molecular weight is 941 g/mol. The molecule has 0 spiro atoms. The number of aliphatic carboxylic acids is 1. The van der Waals surface area contributed by atoms with E-state index in [0.717, 1.165) is 30.3 Å². The molecule has 0 aliphatic heterocycles. The predicted octanol–water partition coefficient (Wildman–Crippen LogP) is 6.72. The lowest BCUT2D eigenvalue weighted by Gasteiger charge is -2.14. The topological polar surface area (TPSA) is 275 Å². The van der Waals surface area contributed by atoms with Gasteiger partial charge in [0.05, 0.1) is 65.0 Å². The van der Waals surface area contributed by atoms with Crippen molar-refractivity contribution in [2.75, 3.05) is 43.5 Å². The van der Waals surface area contributed by atoms with Crippen molar-refractivity contribution in [1.82, 2.24) is 15.7 Å². The molecular weight excluding hydrogens is 902 g/mol. The minimum atomic E-state index is -4.52. The van der Waals surface area contributed by atoms with Gasteiger partial charge in [0.1, 0.15) is 36.4 Å². The maximum absolute atomic E-state index is 13.0. The second kappa shape index (κ2) is 25.8. The molecule has 4 aromatic rings. The number of nitro benzene ring substituents is 1. The normalized spacial score (nSPS) is 11.8. The number of nitro groups is 1. The summed E-state index contributed by atoms with van der Waals surface area (Å²) in [6.07, 6.45) is 2.74. The van der Waals surface area contributed by atoms with Crippen LogP contribution in [0.1, 0.15) is 35.5 Å². The van der Waals surface area contributed by atoms with Crippen molar-refractivity contribution < 1.29 is 75.3 Å².